The van der Waals surface area contributed by atoms with E-state index in [9.17, 15) is 14.4 Å². The quantitative estimate of drug-likeness (QED) is 0.713. The van der Waals surface area contributed by atoms with E-state index >= 15 is 0 Å². The van der Waals surface area contributed by atoms with Crippen molar-refractivity contribution in [2.45, 2.75) is 19.8 Å². The third-order valence-electron chi connectivity index (χ3n) is 5.47. The number of amides is 1. The third kappa shape index (κ3) is 3.48. The van der Waals surface area contributed by atoms with Crippen LogP contribution in [0.15, 0.2) is 59.4 Å². The van der Waals surface area contributed by atoms with Crippen LogP contribution >= 0.6 is 0 Å². The van der Waals surface area contributed by atoms with Gasteiger partial charge in [0.1, 0.15) is 0 Å². The molecule has 1 fully saturated rings. The number of nitrogens with one attached hydrogen (secondary N) is 1. The van der Waals surface area contributed by atoms with E-state index in [1.54, 1.807) is 11.0 Å². The summed E-state index contributed by atoms with van der Waals surface area (Å²) in [6, 6.07) is 16.3. The fraction of sp³-hybridized carbons (Fsp3) is 0.261. The first-order chi connectivity index (χ1) is 13.5. The highest BCUT2D eigenvalue weighted by atomic mass is 16.2. The summed E-state index contributed by atoms with van der Waals surface area (Å²) in [5, 5.41) is 0.741. The highest BCUT2D eigenvalue weighted by molar-refractivity contribution is 6.06. The molecule has 142 valence electrons. The van der Waals surface area contributed by atoms with E-state index in [0.717, 1.165) is 16.5 Å². The second-order valence-corrected chi connectivity index (χ2v) is 7.39. The molecule has 3 aromatic rings. The molecule has 1 amide bonds. The van der Waals surface area contributed by atoms with Crippen LogP contribution in [0.1, 0.15) is 39.1 Å². The van der Waals surface area contributed by atoms with Gasteiger partial charge in [0.25, 0.3) is 5.91 Å². The van der Waals surface area contributed by atoms with Crippen LogP contribution in [0.3, 0.4) is 0 Å². The first kappa shape index (κ1) is 18.2. The molecule has 5 heteroatoms. The SMILES string of the molecule is Cc1ccc(C(=O)C2CCN(C(=O)c3cc(=O)[nH]c4ccccc34)CC2)cc1. The van der Waals surface area contributed by atoms with Crippen LogP contribution in [0.5, 0.6) is 0 Å². The summed E-state index contributed by atoms with van der Waals surface area (Å²) in [7, 11) is 0. The van der Waals surface area contributed by atoms with Crippen molar-refractivity contribution < 1.29 is 9.59 Å². The summed E-state index contributed by atoms with van der Waals surface area (Å²) in [6.45, 7) is 3.03. The number of hydrogen-bond donors (Lipinski definition) is 1. The maximum atomic E-state index is 13.0. The fourth-order valence-electron chi connectivity index (χ4n) is 3.85. The number of aromatic nitrogens is 1. The average molecular weight is 374 g/mol. The summed E-state index contributed by atoms with van der Waals surface area (Å²) in [6.07, 6.45) is 1.28. The number of hydrogen-bond acceptors (Lipinski definition) is 3. The van der Waals surface area contributed by atoms with Crippen molar-refractivity contribution in [1.29, 1.82) is 0 Å². The summed E-state index contributed by atoms with van der Waals surface area (Å²) in [4.78, 5) is 42.2. The van der Waals surface area contributed by atoms with Gasteiger partial charge in [-0.1, -0.05) is 48.0 Å². The molecular weight excluding hydrogens is 352 g/mol. The standard InChI is InChI=1S/C23H22N2O3/c1-15-6-8-16(9-7-15)22(27)17-10-12-25(13-11-17)23(28)19-14-21(26)24-20-5-3-2-4-18(19)20/h2-9,14,17H,10-13H2,1H3,(H,24,26). The number of ketones is 1. The predicted octanol–water partition coefficient (Wildman–Crippen LogP) is 3.57. The van der Waals surface area contributed by atoms with Gasteiger partial charge in [-0.25, -0.2) is 0 Å². The first-order valence-electron chi connectivity index (χ1n) is 9.55. The summed E-state index contributed by atoms with van der Waals surface area (Å²) < 4.78 is 0. The van der Waals surface area contributed by atoms with Gasteiger partial charge in [-0.3, -0.25) is 14.4 Å². The number of benzene rings is 2. The number of likely N-dealkylation sites (tertiary alicyclic amines) is 1. The van der Waals surface area contributed by atoms with E-state index < -0.39 is 0 Å². The highest BCUT2D eigenvalue weighted by Gasteiger charge is 2.29. The van der Waals surface area contributed by atoms with Gasteiger partial charge in [-0.05, 0) is 25.8 Å². The van der Waals surface area contributed by atoms with E-state index in [1.807, 2.05) is 49.4 Å². The van der Waals surface area contributed by atoms with Crippen molar-refractivity contribution in [3.05, 3.63) is 81.6 Å². The Morgan fingerprint density at radius 3 is 2.39 bits per heavy atom. The van der Waals surface area contributed by atoms with Crippen LogP contribution < -0.4 is 5.56 Å². The second-order valence-electron chi connectivity index (χ2n) is 7.39. The van der Waals surface area contributed by atoms with Crippen molar-refractivity contribution in [2.24, 2.45) is 5.92 Å². The van der Waals surface area contributed by atoms with Gasteiger partial charge >= 0.3 is 0 Å². The van der Waals surface area contributed by atoms with E-state index in [1.165, 1.54) is 6.07 Å². The van der Waals surface area contributed by atoms with Crippen LogP contribution in [0.4, 0.5) is 0 Å². The number of aryl methyl sites for hydroxylation is 1. The molecule has 4 rings (SSSR count). The summed E-state index contributed by atoms with van der Waals surface area (Å²) in [5.74, 6) is -0.0695. The number of pyridine rings is 1. The zero-order valence-electron chi connectivity index (χ0n) is 15.8. The Bertz CT molecular complexity index is 1090. The van der Waals surface area contributed by atoms with Crippen molar-refractivity contribution in [1.82, 2.24) is 9.88 Å². The topological polar surface area (TPSA) is 70.2 Å². The first-order valence-corrected chi connectivity index (χ1v) is 9.55. The number of para-hydroxylation sites is 1. The monoisotopic (exact) mass is 374 g/mol. The van der Waals surface area contributed by atoms with Crippen LogP contribution in [0.2, 0.25) is 0 Å². The number of carbonyl (C=O) groups excluding carboxylic acids is 2. The van der Waals surface area contributed by atoms with E-state index in [4.69, 9.17) is 0 Å². The lowest BCUT2D eigenvalue weighted by Crippen LogP contribution is -2.40. The van der Waals surface area contributed by atoms with Gasteiger partial charge in [0, 0.05) is 41.5 Å². The van der Waals surface area contributed by atoms with E-state index in [2.05, 4.69) is 4.98 Å². The van der Waals surface area contributed by atoms with Crippen molar-refractivity contribution in [3.63, 3.8) is 0 Å². The molecule has 0 aliphatic carbocycles. The van der Waals surface area contributed by atoms with Crippen molar-refractivity contribution in [3.8, 4) is 0 Å². The molecule has 1 saturated heterocycles. The number of fused-ring (bicyclic) bond motifs is 1. The summed E-state index contributed by atoms with van der Waals surface area (Å²) >= 11 is 0. The maximum absolute atomic E-state index is 13.0. The Morgan fingerprint density at radius 1 is 1.00 bits per heavy atom. The van der Waals surface area contributed by atoms with Gasteiger partial charge < -0.3 is 9.88 Å². The number of rotatable bonds is 3. The molecule has 5 nitrogen and oxygen atoms in total. The van der Waals surface area contributed by atoms with Crippen molar-refractivity contribution in [2.75, 3.05) is 13.1 Å². The highest BCUT2D eigenvalue weighted by Crippen LogP contribution is 2.24. The molecule has 28 heavy (non-hydrogen) atoms. The van der Waals surface area contributed by atoms with E-state index in [0.29, 0.717) is 37.0 Å². The Kier molecular flexibility index (Phi) is 4.82. The summed E-state index contributed by atoms with van der Waals surface area (Å²) in [5.41, 5.74) is 2.65. The zero-order valence-corrected chi connectivity index (χ0v) is 15.8. The minimum atomic E-state index is -0.286. The largest absolute Gasteiger partial charge is 0.339 e. The molecular formula is C23H22N2O3. The number of aromatic amines is 1. The van der Waals surface area contributed by atoms with Crippen LogP contribution in [0.25, 0.3) is 10.9 Å². The molecule has 0 saturated carbocycles. The van der Waals surface area contributed by atoms with Gasteiger partial charge in [-0.15, -0.1) is 0 Å². The van der Waals surface area contributed by atoms with Gasteiger partial charge in [0.2, 0.25) is 5.56 Å². The molecule has 0 spiro atoms. The van der Waals surface area contributed by atoms with Crippen LogP contribution in [-0.2, 0) is 0 Å². The Labute approximate surface area is 163 Å². The fourth-order valence-corrected chi connectivity index (χ4v) is 3.85. The smallest absolute Gasteiger partial charge is 0.254 e. The molecule has 2 aromatic carbocycles. The number of carbonyl (C=O) groups is 2. The predicted molar refractivity (Wildman–Crippen MR) is 109 cm³/mol. The Morgan fingerprint density at radius 2 is 1.68 bits per heavy atom. The van der Waals surface area contributed by atoms with Gasteiger partial charge in [-0.2, -0.15) is 0 Å². The second kappa shape index (κ2) is 7.43. The molecule has 0 unspecified atom stereocenters. The zero-order chi connectivity index (χ0) is 19.7. The molecule has 0 bridgehead atoms. The van der Waals surface area contributed by atoms with Crippen LogP contribution in [0, 0.1) is 12.8 Å². The van der Waals surface area contributed by atoms with Gasteiger partial charge in [0.15, 0.2) is 5.78 Å². The molecule has 1 aliphatic heterocycles. The number of H-pyrrole nitrogens is 1. The number of nitrogens with zero attached hydrogens (tertiary/aromatic N) is 1. The molecule has 2 heterocycles. The Balaban J connectivity index is 1.50. The average Bonchev–Trinajstić information content (AvgIpc) is 2.73. The molecule has 1 aliphatic rings. The van der Waals surface area contributed by atoms with Crippen LogP contribution in [-0.4, -0.2) is 34.7 Å². The maximum Gasteiger partial charge on any atom is 0.254 e. The Hall–Kier alpha value is -3.21. The number of Topliss-reactive ketones (excluding diaryl/α,β-unsaturated/α-hetero) is 1. The molecule has 0 atom stereocenters. The lowest BCUT2D eigenvalue weighted by molar-refractivity contribution is 0.0652. The normalized spacial score (nSPS) is 15.0. The molecule has 0 radical (unpaired) electrons. The van der Waals surface area contributed by atoms with Gasteiger partial charge in [0.05, 0.1) is 5.56 Å². The molecule has 1 aromatic heterocycles. The lowest BCUT2D eigenvalue weighted by atomic mass is 9.88. The third-order valence-corrected chi connectivity index (χ3v) is 5.47. The molecule has 1 N–H and O–H groups in total. The minimum absolute atomic E-state index is 0.0670. The number of piperidine rings is 1. The minimum Gasteiger partial charge on any atom is -0.339 e. The van der Waals surface area contributed by atoms with Crippen molar-refractivity contribution >= 4 is 22.6 Å². The lowest BCUT2D eigenvalue weighted by Gasteiger charge is -2.31. The van der Waals surface area contributed by atoms with E-state index in [-0.39, 0.29) is 23.2 Å².